The Balaban J connectivity index is 1.59. The number of hydrogen-bond donors (Lipinski definition) is 1. The summed E-state index contributed by atoms with van der Waals surface area (Å²) < 4.78 is 0. The van der Waals surface area contributed by atoms with Crippen LogP contribution in [0.25, 0.3) is 0 Å². The summed E-state index contributed by atoms with van der Waals surface area (Å²) in [5.41, 5.74) is 0.606. The van der Waals surface area contributed by atoms with Crippen molar-refractivity contribution < 1.29 is 0 Å². The van der Waals surface area contributed by atoms with Gasteiger partial charge in [0, 0.05) is 31.7 Å². The second-order valence-corrected chi connectivity index (χ2v) is 7.51. The zero-order valence-corrected chi connectivity index (χ0v) is 12.3. The topological polar surface area (TPSA) is 15.3 Å². The van der Waals surface area contributed by atoms with Crippen LogP contribution in [0.1, 0.15) is 58.8 Å². The molecule has 0 aromatic heterocycles. The molecule has 18 heavy (non-hydrogen) atoms. The number of nitrogens with zero attached hydrogens (tertiary/aromatic N) is 1. The maximum absolute atomic E-state index is 3.72. The molecule has 3 rings (SSSR count). The van der Waals surface area contributed by atoms with E-state index >= 15 is 0 Å². The fourth-order valence-electron chi connectivity index (χ4n) is 4.59. The Bertz CT molecular complexity index is 281. The van der Waals surface area contributed by atoms with Crippen molar-refractivity contribution in [3.05, 3.63) is 0 Å². The van der Waals surface area contributed by atoms with Crippen LogP contribution < -0.4 is 5.32 Å². The number of hydrogen-bond acceptors (Lipinski definition) is 2. The molecular weight excluding hydrogens is 220 g/mol. The summed E-state index contributed by atoms with van der Waals surface area (Å²) in [4.78, 5) is 2.85. The van der Waals surface area contributed by atoms with Crippen LogP contribution in [-0.4, -0.2) is 36.6 Å². The van der Waals surface area contributed by atoms with Crippen LogP contribution in [0, 0.1) is 11.3 Å². The fraction of sp³-hybridized carbons (Fsp3) is 1.00. The first-order valence-electron chi connectivity index (χ1n) is 8.14. The lowest BCUT2D eigenvalue weighted by atomic mass is 9.84. The minimum atomic E-state index is 0.606. The van der Waals surface area contributed by atoms with Gasteiger partial charge in [-0.2, -0.15) is 0 Å². The second-order valence-electron chi connectivity index (χ2n) is 7.51. The van der Waals surface area contributed by atoms with Gasteiger partial charge in [0.15, 0.2) is 0 Å². The second kappa shape index (κ2) is 5.13. The molecule has 2 aliphatic carbocycles. The van der Waals surface area contributed by atoms with Crippen molar-refractivity contribution in [1.82, 2.24) is 10.2 Å². The molecule has 1 N–H and O–H groups in total. The highest BCUT2D eigenvalue weighted by molar-refractivity contribution is 4.97. The fourth-order valence-corrected chi connectivity index (χ4v) is 4.59. The van der Waals surface area contributed by atoms with Crippen molar-refractivity contribution in [2.24, 2.45) is 11.3 Å². The highest BCUT2D eigenvalue weighted by Gasteiger charge is 2.43. The first kappa shape index (κ1) is 12.9. The molecule has 0 spiro atoms. The lowest BCUT2D eigenvalue weighted by Gasteiger charge is -2.38. The molecule has 2 bridgehead atoms. The lowest BCUT2D eigenvalue weighted by molar-refractivity contribution is 0.118. The highest BCUT2D eigenvalue weighted by atomic mass is 15.2. The van der Waals surface area contributed by atoms with Gasteiger partial charge in [0.25, 0.3) is 0 Å². The van der Waals surface area contributed by atoms with Crippen LogP contribution in [0.5, 0.6) is 0 Å². The Morgan fingerprint density at radius 1 is 1.22 bits per heavy atom. The van der Waals surface area contributed by atoms with Crippen molar-refractivity contribution in [2.75, 3.05) is 19.6 Å². The number of fused-ring (bicyclic) bond motifs is 2. The van der Waals surface area contributed by atoms with Gasteiger partial charge in [-0.1, -0.05) is 26.7 Å². The van der Waals surface area contributed by atoms with Crippen LogP contribution in [0.3, 0.4) is 0 Å². The van der Waals surface area contributed by atoms with E-state index in [2.05, 4.69) is 24.1 Å². The minimum Gasteiger partial charge on any atom is -0.314 e. The smallest absolute Gasteiger partial charge is 0.00988 e. The van der Waals surface area contributed by atoms with E-state index in [9.17, 15) is 0 Å². The average Bonchev–Trinajstić information content (AvgIpc) is 3.03. The standard InChI is InChI=1S/C16H30N2/c1-13(2)17-11-16(7-3-4-8-16)12-18-10-14-5-6-15(18)9-14/h13-15,17H,3-12H2,1-2H3. The predicted molar refractivity (Wildman–Crippen MR) is 76.7 cm³/mol. The number of likely N-dealkylation sites (tertiary alicyclic amines) is 1. The van der Waals surface area contributed by atoms with E-state index in [0.717, 1.165) is 12.0 Å². The van der Waals surface area contributed by atoms with Gasteiger partial charge < -0.3 is 5.32 Å². The van der Waals surface area contributed by atoms with Gasteiger partial charge in [0.1, 0.15) is 0 Å². The Morgan fingerprint density at radius 3 is 2.56 bits per heavy atom. The molecule has 0 aromatic rings. The molecular formula is C16H30N2. The Hall–Kier alpha value is -0.0800. The zero-order valence-electron chi connectivity index (χ0n) is 12.3. The van der Waals surface area contributed by atoms with E-state index < -0.39 is 0 Å². The Kier molecular flexibility index (Phi) is 3.68. The summed E-state index contributed by atoms with van der Waals surface area (Å²) >= 11 is 0. The number of piperidine rings is 1. The maximum Gasteiger partial charge on any atom is 0.00988 e. The highest BCUT2D eigenvalue weighted by Crippen LogP contribution is 2.43. The molecule has 1 saturated heterocycles. The molecule has 0 radical (unpaired) electrons. The van der Waals surface area contributed by atoms with Crippen molar-refractivity contribution in [1.29, 1.82) is 0 Å². The van der Waals surface area contributed by atoms with E-state index in [1.807, 2.05) is 0 Å². The minimum absolute atomic E-state index is 0.606. The predicted octanol–water partition coefficient (Wildman–Crippen LogP) is 3.03. The van der Waals surface area contributed by atoms with Crippen LogP contribution >= 0.6 is 0 Å². The van der Waals surface area contributed by atoms with E-state index in [0.29, 0.717) is 11.5 Å². The van der Waals surface area contributed by atoms with E-state index in [4.69, 9.17) is 0 Å². The van der Waals surface area contributed by atoms with Crippen LogP contribution in [0.15, 0.2) is 0 Å². The molecule has 2 heteroatoms. The molecule has 1 aliphatic heterocycles. The van der Waals surface area contributed by atoms with Crippen molar-refractivity contribution in [3.63, 3.8) is 0 Å². The van der Waals surface area contributed by atoms with Gasteiger partial charge in [-0.15, -0.1) is 0 Å². The third-order valence-electron chi connectivity index (χ3n) is 5.61. The third kappa shape index (κ3) is 2.60. The molecule has 1 heterocycles. The van der Waals surface area contributed by atoms with E-state index in [1.54, 1.807) is 0 Å². The summed E-state index contributed by atoms with van der Waals surface area (Å²) in [7, 11) is 0. The van der Waals surface area contributed by atoms with Crippen LogP contribution in [0.2, 0.25) is 0 Å². The van der Waals surface area contributed by atoms with Gasteiger partial charge in [0.2, 0.25) is 0 Å². The maximum atomic E-state index is 3.72. The SMILES string of the molecule is CC(C)NCC1(CN2CC3CCC2C3)CCCC1. The van der Waals surface area contributed by atoms with Crippen molar-refractivity contribution >= 4 is 0 Å². The van der Waals surface area contributed by atoms with Gasteiger partial charge in [0.05, 0.1) is 0 Å². The van der Waals surface area contributed by atoms with Gasteiger partial charge in [-0.05, 0) is 43.4 Å². The molecule has 0 amide bonds. The van der Waals surface area contributed by atoms with Gasteiger partial charge in [-0.25, -0.2) is 0 Å². The van der Waals surface area contributed by atoms with E-state index in [-0.39, 0.29) is 0 Å². The molecule has 2 saturated carbocycles. The molecule has 2 unspecified atom stereocenters. The summed E-state index contributed by atoms with van der Waals surface area (Å²) in [6.07, 6.45) is 10.3. The lowest BCUT2D eigenvalue weighted by Crippen LogP contribution is -2.46. The van der Waals surface area contributed by atoms with Crippen molar-refractivity contribution in [3.8, 4) is 0 Å². The number of nitrogens with one attached hydrogen (secondary N) is 1. The number of rotatable bonds is 5. The summed E-state index contributed by atoms with van der Waals surface area (Å²) in [5.74, 6) is 1.05. The average molecular weight is 250 g/mol. The molecule has 0 aromatic carbocycles. The van der Waals surface area contributed by atoms with Crippen LogP contribution in [-0.2, 0) is 0 Å². The summed E-state index contributed by atoms with van der Waals surface area (Å²) in [6, 6.07) is 1.59. The molecule has 2 nitrogen and oxygen atoms in total. The molecule has 2 atom stereocenters. The normalized spacial score (nSPS) is 34.8. The first-order chi connectivity index (χ1) is 8.67. The van der Waals surface area contributed by atoms with Crippen LogP contribution in [0.4, 0.5) is 0 Å². The zero-order chi connectivity index (χ0) is 12.6. The summed E-state index contributed by atoms with van der Waals surface area (Å²) in [6.45, 7) is 8.60. The van der Waals surface area contributed by atoms with Crippen molar-refractivity contribution in [2.45, 2.75) is 70.9 Å². The van der Waals surface area contributed by atoms with Gasteiger partial charge in [-0.3, -0.25) is 4.90 Å². The largest absolute Gasteiger partial charge is 0.314 e. The third-order valence-corrected chi connectivity index (χ3v) is 5.61. The molecule has 3 fully saturated rings. The molecule has 3 aliphatic rings. The summed E-state index contributed by atoms with van der Waals surface area (Å²) in [5, 5.41) is 3.72. The Morgan fingerprint density at radius 2 is 2.00 bits per heavy atom. The Labute approximate surface area is 113 Å². The first-order valence-corrected chi connectivity index (χ1v) is 8.14. The quantitative estimate of drug-likeness (QED) is 0.807. The van der Waals surface area contributed by atoms with Gasteiger partial charge >= 0.3 is 0 Å². The van der Waals surface area contributed by atoms with E-state index in [1.165, 1.54) is 64.6 Å². The molecule has 104 valence electrons. The monoisotopic (exact) mass is 250 g/mol.